The van der Waals surface area contributed by atoms with Crippen LogP contribution in [-0.4, -0.2) is 30.7 Å². The fourth-order valence-corrected chi connectivity index (χ4v) is 3.17. The molecule has 2 aliphatic rings. The predicted octanol–water partition coefficient (Wildman–Crippen LogP) is 2.95. The number of quaternary nitrogens is 1. The van der Waals surface area contributed by atoms with Gasteiger partial charge in [-0.15, -0.1) is 0 Å². The molecule has 1 heteroatoms. The van der Waals surface area contributed by atoms with Crippen molar-refractivity contribution in [2.24, 2.45) is 0 Å². The second-order valence-corrected chi connectivity index (χ2v) is 5.06. The Kier molecular flexibility index (Phi) is 3.26. The van der Waals surface area contributed by atoms with Gasteiger partial charge in [0, 0.05) is 0 Å². The maximum atomic E-state index is 1.50. The lowest BCUT2D eigenvalue weighted by atomic mass is 10.2. The number of nitrogens with zero attached hydrogens (tertiary/aromatic N) is 1. The minimum atomic E-state index is 1.50. The summed E-state index contributed by atoms with van der Waals surface area (Å²) in [4.78, 5) is 0. The highest BCUT2D eigenvalue weighted by molar-refractivity contribution is 4.58. The van der Waals surface area contributed by atoms with Gasteiger partial charge in [-0.2, -0.15) is 0 Å². The summed E-state index contributed by atoms with van der Waals surface area (Å²) in [6.45, 7) is 6.00. The molecule has 1 spiro atoms. The lowest BCUT2D eigenvalue weighted by molar-refractivity contribution is -0.926. The van der Waals surface area contributed by atoms with Crippen LogP contribution in [-0.2, 0) is 0 Å². The number of hydrogen-bond acceptors (Lipinski definition) is 0. The van der Waals surface area contributed by atoms with Gasteiger partial charge in [0.05, 0.1) is 26.2 Å². The van der Waals surface area contributed by atoms with Crippen molar-refractivity contribution < 1.29 is 4.48 Å². The molecule has 2 heterocycles. The average Bonchev–Trinajstić information content (AvgIpc) is 2.50. The first-order valence-electron chi connectivity index (χ1n) is 6.26. The molecular weight excluding hydrogens is 158 g/mol. The maximum absolute atomic E-state index is 1.50. The molecule has 0 saturated carbocycles. The van der Waals surface area contributed by atoms with Crippen LogP contribution in [0.4, 0.5) is 0 Å². The topological polar surface area (TPSA) is 0 Å². The van der Waals surface area contributed by atoms with Crippen LogP contribution in [0.15, 0.2) is 0 Å². The van der Waals surface area contributed by atoms with E-state index in [-0.39, 0.29) is 0 Å². The summed E-state index contributed by atoms with van der Waals surface area (Å²) >= 11 is 0. The second-order valence-electron chi connectivity index (χ2n) is 5.06. The lowest BCUT2D eigenvalue weighted by Crippen LogP contribution is -2.49. The fourth-order valence-electron chi connectivity index (χ4n) is 3.17. The molecule has 0 aromatic rings. The molecule has 0 atom stereocenters. The summed E-state index contributed by atoms with van der Waals surface area (Å²) in [5, 5.41) is 0. The first-order chi connectivity index (χ1) is 6.41. The normalized spacial score (nSPS) is 29.5. The zero-order valence-electron chi connectivity index (χ0n) is 8.93. The summed E-state index contributed by atoms with van der Waals surface area (Å²) in [6, 6.07) is 0. The first-order valence-corrected chi connectivity index (χ1v) is 6.26. The minimum Gasteiger partial charge on any atom is -0.324 e. The molecule has 2 aliphatic heterocycles. The average molecular weight is 182 g/mol. The van der Waals surface area contributed by atoms with Crippen molar-refractivity contribution in [1.82, 2.24) is 0 Å². The minimum absolute atomic E-state index is 1.50. The Morgan fingerprint density at radius 3 is 1.00 bits per heavy atom. The largest absolute Gasteiger partial charge is 0.324 e. The second kappa shape index (κ2) is 4.45. The van der Waals surface area contributed by atoms with Crippen LogP contribution < -0.4 is 0 Å². The standard InChI is InChI=1S/C12H24N/c1-2-6-10-13(9-5-1)11-7-3-4-8-12-13/h1-12H2/q+1. The lowest BCUT2D eigenvalue weighted by Gasteiger charge is -2.36. The van der Waals surface area contributed by atoms with E-state index in [4.69, 9.17) is 0 Å². The fraction of sp³-hybridized carbons (Fsp3) is 1.00. The zero-order valence-corrected chi connectivity index (χ0v) is 8.93. The summed E-state index contributed by atoms with van der Waals surface area (Å²) in [5.74, 6) is 0. The molecule has 0 amide bonds. The Morgan fingerprint density at radius 1 is 0.385 bits per heavy atom. The quantitative estimate of drug-likeness (QED) is 0.505. The maximum Gasteiger partial charge on any atom is 0.0786 e. The first kappa shape index (κ1) is 9.51. The molecule has 2 saturated heterocycles. The van der Waals surface area contributed by atoms with Gasteiger partial charge in [0.15, 0.2) is 0 Å². The van der Waals surface area contributed by atoms with Gasteiger partial charge in [-0.1, -0.05) is 0 Å². The monoisotopic (exact) mass is 182 g/mol. The summed E-state index contributed by atoms with van der Waals surface area (Å²) in [6.07, 6.45) is 12.0. The van der Waals surface area contributed by atoms with Crippen molar-refractivity contribution in [1.29, 1.82) is 0 Å². The van der Waals surface area contributed by atoms with Crippen molar-refractivity contribution >= 4 is 0 Å². The van der Waals surface area contributed by atoms with E-state index in [0.717, 1.165) is 0 Å². The SMILES string of the molecule is C1CCC[N+]2(CC1)CCCCCC2. The van der Waals surface area contributed by atoms with Crippen molar-refractivity contribution in [3.8, 4) is 0 Å². The van der Waals surface area contributed by atoms with Crippen molar-refractivity contribution in [3.63, 3.8) is 0 Å². The van der Waals surface area contributed by atoms with Crippen LogP contribution in [0, 0.1) is 0 Å². The summed E-state index contributed by atoms with van der Waals surface area (Å²) in [7, 11) is 0. The number of hydrogen-bond donors (Lipinski definition) is 0. The van der Waals surface area contributed by atoms with Crippen LogP contribution in [0.1, 0.15) is 51.4 Å². The van der Waals surface area contributed by atoms with Gasteiger partial charge >= 0.3 is 0 Å². The third-order valence-corrected chi connectivity index (χ3v) is 4.03. The van der Waals surface area contributed by atoms with E-state index in [9.17, 15) is 0 Å². The highest BCUT2D eigenvalue weighted by Crippen LogP contribution is 2.23. The molecule has 0 aromatic heterocycles. The molecule has 1 nitrogen and oxygen atoms in total. The summed E-state index contributed by atoms with van der Waals surface area (Å²) < 4.78 is 1.50. The Labute approximate surface area is 82.7 Å². The van der Waals surface area contributed by atoms with Gasteiger partial charge in [0.2, 0.25) is 0 Å². The van der Waals surface area contributed by atoms with E-state index in [1.807, 2.05) is 0 Å². The predicted molar refractivity (Wildman–Crippen MR) is 56.7 cm³/mol. The van der Waals surface area contributed by atoms with E-state index in [1.165, 1.54) is 82.0 Å². The van der Waals surface area contributed by atoms with Crippen molar-refractivity contribution in [2.75, 3.05) is 26.2 Å². The van der Waals surface area contributed by atoms with Gasteiger partial charge in [-0.3, -0.25) is 0 Å². The Hall–Kier alpha value is -0.0400. The van der Waals surface area contributed by atoms with Crippen molar-refractivity contribution in [3.05, 3.63) is 0 Å². The smallest absolute Gasteiger partial charge is 0.0786 e. The molecule has 0 N–H and O–H groups in total. The number of rotatable bonds is 0. The van der Waals surface area contributed by atoms with Crippen LogP contribution in [0.5, 0.6) is 0 Å². The Morgan fingerprint density at radius 2 is 0.692 bits per heavy atom. The van der Waals surface area contributed by atoms with Gasteiger partial charge in [0.1, 0.15) is 0 Å². The molecule has 2 rings (SSSR count). The molecule has 0 aromatic carbocycles. The van der Waals surface area contributed by atoms with Crippen LogP contribution >= 0.6 is 0 Å². The van der Waals surface area contributed by atoms with E-state index < -0.39 is 0 Å². The Bertz CT molecular complexity index is 116. The molecule has 0 bridgehead atoms. The molecule has 0 radical (unpaired) electrons. The van der Waals surface area contributed by atoms with E-state index in [0.29, 0.717) is 0 Å². The van der Waals surface area contributed by atoms with Crippen LogP contribution in [0.3, 0.4) is 0 Å². The van der Waals surface area contributed by atoms with Gasteiger partial charge in [-0.25, -0.2) is 0 Å². The van der Waals surface area contributed by atoms with Gasteiger partial charge < -0.3 is 4.48 Å². The van der Waals surface area contributed by atoms with E-state index in [1.54, 1.807) is 0 Å². The third kappa shape index (κ3) is 2.46. The van der Waals surface area contributed by atoms with Gasteiger partial charge in [-0.05, 0) is 51.4 Å². The molecule has 13 heavy (non-hydrogen) atoms. The molecule has 0 aliphatic carbocycles. The zero-order chi connectivity index (χ0) is 8.99. The highest BCUT2D eigenvalue weighted by atomic mass is 15.3. The molecule has 76 valence electrons. The molecule has 0 unspecified atom stereocenters. The third-order valence-electron chi connectivity index (χ3n) is 4.03. The molecular formula is C12H24N+. The highest BCUT2D eigenvalue weighted by Gasteiger charge is 2.28. The Balaban J connectivity index is 1.97. The van der Waals surface area contributed by atoms with E-state index >= 15 is 0 Å². The van der Waals surface area contributed by atoms with Crippen LogP contribution in [0.2, 0.25) is 0 Å². The molecule has 2 fully saturated rings. The van der Waals surface area contributed by atoms with Gasteiger partial charge in [0.25, 0.3) is 0 Å². The van der Waals surface area contributed by atoms with Crippen LogP contribution in [0.25, 0.3) is 0 Å². The van der Waals surface area contributed by atoms with E-state index in [2.05, 4.69) is 0 Å². The van der Waals surface area contributed by atoms with Crippen molar-refractivity contribution in [2.45, 2.75) is 51.4 Å². The summed E-state index contributed by atoms with van der Waals surface area (Å²) in [5.41, 5.74) is 0.